The van der Waals surface area contributed by atoms with Crippen LogP contribution in [0.25, 0.3) is 0 Å². The fraction of sp³-hybridized carbons (Fsp3) is 0.235. The molecule has 0 spiro atoms. The van der Waals surface area contributed by atoms with E-state index in [2.05, 4.69) is 15.5 Å². The Bertz CT molecular complexity index is 763. The third kappa shape index (κ3) is 7.45. The van der Waals surface area contributed by atoms with E-state index in [0.717, 1.165) is 6.42 Å². The van der Waals surface area contributed by atoms with Gasteiger partial charge in [-0.1, -0.05) is 17.0 Å². The average Bonchev–Trinajstić information content (AvgIpc) is 2.64. The van der Waals surface area contributed by atoms with E-state index in [1.807, 2.05) is 6.07 Å². The molecule has 2 aromatic carbocycles. The van der Waals surface area contributed by atoms with Gasteiger partial charge in [-0.15, -0.1) is 0 Å². The van der Waals surface area contributed by atoms with Crippen LogP contribution in [0.1, 0.15) is 12.8 Å². The Morgan fingerprint density at radius 1 is 0.963 bits per heavy atom. The van der Waals surface area contributed by atoms with Crippen molar-refractivity contribution in [2.45, 2.75) is 22.6 Å². The molecule has 10 heteroatoms. The SMILES string of the molecule is O=[N+]([O-])c1ccccc1S(=O)NCCCCNS(=O)c1[c-]cccc1.[CH3-].[Fm]. The second-order valence-electron chi connectivity index (χ2n) is 4.98. The van der Waals surface area contributed by atoms with Gasteiger partial charge in [0.15, 0.2) is 0 Å². The summed E-state index contributed by atoms with van der Waals surface area (Å²) in [4.78, 5) is 11.1. The Labute approximate surface area is 158 Å². The van der Waals surface area contributed by atoms with Gasteiger partial charge >= 0.3 is 0 Å². The van der Waals surface area contributed by atoms with Crippen LogP contribution >= 0.6 is 0 Å². The van der Waals surface area contributed by atoms with E-state index in [0.29, 0.717) is 24.4 Å². The van der Waals surface area contributed by atoms with E-state index in [1.165, 1.54) is 18.2 Å². The minimum Gasteiger partial charge on any atom is -0.358 e. The summed E-state index contributed by atoms with van der Waals surface area (Å²) in [6, 6.07) is 15.9. The Kier molecular flexibility index (Phi) is 11.1. The third-order valence-electron chi connectivity index (χ3n) is 3.21. The molecule has 0 amide bonds. The first-order valence-corrected chi connectivity index (χ1v) is 9.90. The van der Waals surface area contributed by atoms with E-state index in [4.69, 9.17) is 0 Å². The molecule has 7 nitrogen and oxygen atoms in total. The molecule has 0 aromatic heterocycles. The normalized spacial score (nSPS) is 12.3. The zero-order chi connectivity index (χ0) is 18.1. The predicted octanol–water partition coefficient (Wildman–Crippen LogP) is 2.55. The zero-order valence-corrected chi connectivity index (χ0v) is 18.7. The molecule has 0 bridgehead atoms. The first kappa shape index (κ1) is 24.1. The molecule has 0 heterocycles. The maximum Gasteiger partial charge on any atom is 0.286 e. The molecule has 2 aromatic rings. The van der Waals surface area contributed by atoms with Crippen molar-refractivity contribution >= 4 is 27.7 Å². The second-order valence-corrected chi connectivity index (χ2v) is 7.52. The number of nitrogens with zero attached hydrogens (tertiary/aromatic N) is 1. The van der Waals surface area contributed by atoms with E-state index in [1.54, 1.807) is 24.3 Å². The summed E-state index contributed by atoms with van der Waals surface area (Å²) >= 11 is 0. The van der Waals surface area contributed by atoms with Gasteiger partial charge in [0.05, 0.1) is 15.9 Å². The number of nitro benzene ring substituents is 1. The standard InChI is InChI=1S/C16H18N3O4S2.CH3.Fm/c20-19(21)15-10-4-5-11-16(15)25(23)18-13-7-6-12-17-24(22)14-8-2-1-3-9-14;;/h1-5,8,10-11,17-18H,6-7,12-13H2;1H3;/q2*-1;. The Morgan fingerprint density at radius 3 is 2.15 bits per heavy atom. The molecular weight excluding hydrogens is 631 g/mol. The number of unbranched alkanes of at least 4 members (excludes halogenated alkanes) is 1. The van der Waals surface area contributed by atoms with Crippen LogP contribution in [0.5, 0.6) is 0 Å². The smallest absolute Gasteiger partial charge is 0.286 e. The molecule has 2 unspecified atom stereocenters. The maximum absolute atomic E-state index is 12.1. The average molecular weight is 653 g/mol. The number of nitro groups is 1. The molecule has 154 valence electrons. The summed E-state index contributed by atoms with van der Waals surface area (Å²) in [6.07, 6.45) is 1.41. The predicted molar refractivity (Wildman–Crippen MR) is 103 cm³/mol. The molecule has 0 radical (unpaired) electrons. The molecule has 2 N–H and O–H groups in total. The van der Waals surface area contributed by atoms with Crippen molar-refractivity contribution < 1.29 is 13.3 Å². The van der Waals surface area contributed by atoms with Gasteiger partial charge in [-0.05, 0) is 18.9 Å². The van der Waals surface area contributed by atoms with Crippen LogP contribution in [-0.2, 0) is 22.0 Å². The molecular formula is C17H21FmN3O4S2-2. The van der Waals surface area contributed by atoms with Crippen LogP contribution in [0.2, 0.25) is 0 Å². The Hall–Kier alpha value is -2.94. The van der Waals surface area contributed by atoms with Crippen LogP contribution in [0.4, 0.5) is 5.69 Å². The number of benzene rings is 2. The molecule has 0 aliphatic rings. The van der Waals surface area contributed by atoms with Crippen LogP contribution in [-0.4, -0.2) is 26.4 Å². The monoisotopic (exact) mass is 652 g/mol. The van der Waals surface area contributed by atoms with Crippen molar-refractivity contribution in [2.75, 3.05) is 13.1 Å². The van der Waals surface area contributed by atoms with Gasteiger partial charge in [-0.2, -0.15) is 30.3 Å². The number of para-hydroxylation sites is 1. The largest absolute Gasteiger partial charge is 0.358 e. The van der Waals surface area contributed by atoms with Gasteiger partial charge in [0, 0.05) is 19.2 Å². The third-order valence-corrected chi connectivity index (χ3v) is 5.54. The Morgan fingerprint density at radius 2 is 1.56 bits per heavy atom. The van der Waals surface area contributed by atoms with Crippen molar-refractivity contribution in [1.29, 1.82) is 0 Å². The Balaban J connectivity index is 0.00000338. The quantitative estimate of drug-likeness (QED) is 0.179. The maximum atomic E-state index is 12.1. The number of nitrogens with one attached hydrogen (secondary N) is 2. The molecule has 27 heavy (non-hydrogen) atoms. The van der Waals surface area contributed by atoms with Gasteiger partial charge in [0.1, 0.15) is 15.9 Å². The fourth-order valence-electron chi connectivity index (χ4n) is 1.99. The summed E-state index contributed by atoms with van der Waals surface area (Å²) in [6.45, 7) is 0.972. The number of hydrogen-bond acceptors (Lipinski definition) is 4. The molecule has 0 saturated carbocycles. The van der Waals surface area contributed by atoms with Crippen molar-refractivity contribution in [3.63, 3.8) is 0 Å². The van der Waals surface area contributed by atoms with Crippen molar-refractivity contribution in [2.24, 2.45) is 0 Å². The van der Waals surface area contributed by atoms with Gasteiger partial charge in [0.2, 0.25) is 0 Å². The first-order chi connectivity index (χ1) is 12.1. The topological polar surface area (TPSA) is 101 Å². The molecule has 0 saturated heterocycles. The van der Waals surface area contributed by atoms with Gasteiger partial charge in [0.25, 0.3) is 5.69 Å². The summed E-state index contributed by atoms with van der Waals surface area (Å²) in [5.74, 6) is 0. The summed E-state index contributed by atoms with van der Waals surface area (Å²) < 4.78 is 29.7. The molecule has 2 atom stereocenters. The number of hydrogen-bond donors (Lipinski definition) is 2. The minimum atomic E-state index is -1.64. The molecule has 2 rings (SSSR count). The van der Waals surface area contributed by atoms with E-state index in [-0.39, 0.29) is 18.0 Å². The van der Waals surface area contributed by atoms with E-state index < -0.39 is 26.9 Å². The van der Waals surface area contributed by atoms with Gasteiger partial charge < -0.3 is 7.43 Å². The molecule has 0 fully saturated rings. The zero-order valence-electron chi connectivity index (χ0n) is 14.6. The summed E-state index contributed by atoms with van der Waals surface area (Å²) in [5.41, 5.74) is -0.162. The fourth-order valence-corrected chi connectivity index (χ4v) is 3.87. The summed E-state index contributed by atoms with van der Waals surface area (Å²) in [7, 11) is -2.93. The van der Waals surface area contributed by atoms with E-state index >= 15 is 0 Å². The van der Waals surface area contributed by atoms with Crippen LogP contribution in [0.3, 0.4) is 0 Å². The first-order valence-electron chi connectivity index (χ1n) is 7.60. The van der Waals surface area contributed by atoms with Crippen LogP contribution in [0.15, 0.2) is 58.3 Å². The van der Waals surface area contributed by atoms with Gasteiger partial charge in [-0.25, -0.2) is 17.9 Å². The summed E-state index contributed by atoms with van der Waals surface area (Å²) in [5, 5.41) is 10.9. The van der Waals surface area contributed by atoms with Crippen LogP contribution < -0.4 is 9.44 Å². The van der Waals surface area contributed by atoms with E-state index in [9.17, 15) is 18.5 Å². The van der Waals surface area contributed by atoms with Crippen molar-refractivity contribution in [3.8, 4) is 0 Å². The van der Waals surface area contributed by atoms with Crippen molar-refractivity contribution in [3.05, 3.63) is 72.1 Å². The molecule has 0 aliphatic heterocycles. The minimum absolute atomic E-state index is 0. The van der Waals surface area contributed by atoms with Crippen molar-refractivity contribution in [1.82, 2.24) is 9.44 Å². The van der Waals surface area contributed by atoms with Crippen LogP contribution in [0, 0.1) is 23.6 Å². The molecule has 0 aliphatic carbocycles. The van der Waals surface area contributed by atoms with Gasteiger partial charge in [-0.3, -0.25) is 10.1 Å². The second kappa shape index (κ2) is 12.4. The number of rotatable bonds is 10.